The number of amides is 1. The monoisotopic (exact) mass is 268 g/mol. The molecule has 1 amide bonds. The summed E-state index contributed by atoms with van der Waals surface area (Å²) in [4.78, 5) is 25.5. The number of nitrogen functional groups attached to an aromatic ring is 1. The minimum Gasteiger partial charge on any atom is -0.451 e. The van der Waals surface area contributed by atoms with Crippen LogP contribution in [0.4, 0.5) is 5.69 Å². The van der Waals surface area contributed by atoms with Crippen LogP contribution >= 0.6 is 11.3 Å². The Bertz CT molecular complexity index is 438. The Morgan fingerprint density at radius 3 is 2.67 bits per heavy atom. The van der Waals surface area contributed by atoms with Gasteiger partial charge in [-0.3, -0.25) is 4.79 Å². The van der Waals surface area contributed by atoms with E-state index in [0.717, 1.165) is 32.4 Å². The third-order valence-electron chi connectivity index (χ3n) is 2.92. The van der Waals surface area contributed by atoms with Gasteiger partial charge in [0.15, 0.2) is 6.61 Å². The van der Waals surface area contributed by atoms with Gasteiger partial charge in [-0.05, 0) is 30.7 Å². The van der Waals surface area contributed by atoms with E-state index in [4.69, 9.17) is 10.5 Å². The number of thiophene rings is 1. The van der Waals surface area contributed by atoms with Crippen molar-refractivity contribution in [3.05, 3.63) is 16.3 Å². The molecule has 1 saturated heterocycles. The lowest BCUT2D eigenvalue weighted by atomic mass is 10.1. The number of nitrogens with zero attached hydrogens (tertiary/aromatic N) is 1. The maximum absolute atomic E-state index is 11.8. The summed E-state index contributed by atoms with van der Waals surface area (Å²) in [5, 5.41) is 1.72. The van der Waals surface area contributed by atoms with Crippen LogP contribution in [0, 0.1) is 0 Å². The summed E-state index contributed by atoms with van der Waals surface area (Å²) < 4.78 is 4.98. The molecule has 0 aromatic carbocycles. The van der Waals surface area contributed by atoms with Crippen LogP contribution in [-0.4, -0.2) is 36.5 Å². The van der Waals surface area contributed by atoms with Gasteiger partial charge in [0.05, 0.1) is 5.69 Å². The first kappa shape index (κ1) is 12.9. The molecule has 0 spiro atoms. The van der Waals surface area contributed by atoms with Gasteiger partial charge in [-0.15, -0.1) is 11.3 Å². The molecule has 1 aliphatic rings. The van der Waals surface area contributed by atoms with Gasteiger partial charge in [-0.2, -0.15) is 0 Å². The molecule has 0 aliphatic carbocycles. The molecule has 6 heteroatoms. The molecule has 2 rings (SSSR count). The van der Waals surface area contributed by atoms with Crippen molar-refractivity contribution in [3.8, 4) is 0 Å². The summed E-state index contributed by atoms with van der Waals surface area (Å²) in [6, 6.07) is 1.65. The van der Waals surface area contributed by atoms with Crippen LogP contribution in [0.15, 0.2) is 11.4 Å². The van der Waals surface area contributed by atoms with Crippen molar-refractivity contribution in [3.63, 3.8) is 0 Å². The molecule has 5 nitrogen and oxygen atoms in total. The van der Waals surface area contributed by atoms with Crippen LogP contribution in [0.2, 0.25) is 0 Å². The van der Waals surface area contributed by atoms with Gasteiger partial charge in [0.25, 0.3) is 5.91 Å². The summed E-state index contributed by atoms with van der Waals surface area (Å²) in [6.07, 6.45) is 3.21. The molecule has 98 valence electrons. The first-order valence-electron chi connectivity index (χ1n) is 5.96. The quantitative estimate of drug-likeness (QED) is 0.843. The molecule has 1 aromatic rings. The molecule has 1 fully saturated rings. The summed E-state index contributed by atoms with van der Waals surface area (Å²) in [6.45, 7) is 1.32. The van der Waals surface area contributed by atoms with E-state index in [0.29, 0.717) is 10.6 Å². The van der Waals surface area contributed by atoms with Crippen LogP contribution in [0.1, 0.15) is 28.9 Å². The summed E-state index contributed by atoms with van der Waals surface area (Å²) in [5.74, 6) is -0.647. The molecule has 0 atom stereocenters. The lowest BCUT2D eigenvalue weighted by Gasteiger charge is -2.26. The first-order valence-corrected chi connectivity index (χ1v) is 6.84. The van der Waals surface area contributed by atoms with E-state index in [2.05, 4.69) is 0 Å². The van der Waals surface area contributed by atoms with Crippen molar-refractivity contribution < 1.29 is 14.3 Å². The highest BCUT2D eigenvalue weighted by atomic mass is 32.1. The van der Waals surface area contributed by atoms with Gasteiger partial charge >= 0.3 is 5.97 Å². The maximum atomic E-state index is 11.8. The Labute approximate surface area is 110 Å². The van der Waals surface area contributed by atoms with E-state index < -0.39 is 5.97 Å². The normalized spacial score (nSPS) is 15.4. The van der Waals surface area contributed by atoms with Gasteiger partial charge in [0, 0.05) is 13.1 Å². The number of likely N-dealkylation sites (tertiary alicyclic amines) is 1. The highest BCUT2D eigenvalue weighted by Gasteiger charge is 2.19. The van der Waals surface area contributed by atoms with Gasteiger partial charge in [-0.1, -0.05) is 0 Å². The summed E-state index contributed by atoms with van der Waals surface area (Å²) in [7, 11) is 0. The molecule has 2 N–H and O–H groups in total. The molecule has 2 heterocycles. The number of carbonyl (C=O) groups excluding carboxylic acids is 2. The Morgan fingerprint density at radius 2 is 2.06 bits per heavy atom. The second-order valence-corrected chi connectivity index (χ2v) is 5.14. The Morgan fingerprint density at radius 1 is 1.33 bits per heavy atom. The molecule has 1 aromatic heterocycles. The van der Waals surface area contributed by atoms with E-state index in [1.54, 1.807) is 16.3 Å². The number of carbonyl (C=O) groups is 2. The molecule has 0 saturated carbocycles. The van der Waals surface area contributed by atoms with Crippen molar-refractivity contribution in [1.29, 1.82) is 0 Å². The fraction of sp³-hybridized carbons (Fsp3) is 0.500. The standard InChI is InChI=1S/C12H16N2O3S/c13-9-4-7-18-11(9)12(16)17-8-10(15)14-5-2-1-3-6-14/h4,7H,1-3,5-6,8,13H2. The highest BCUT2D eigenvalue weighted by Crippen LogP contribution is 2.19. The zero-order valence-corrected chi connectivity index (χ0v) is 10.9. The molecule has 0 radical (unpaired) electrons. The van der Waals surface area contributed by atoms with E-state index in [9.17, 15) is 9.59 Å². The Balaban J connectivity index is 1.82. The van der Waals surface area contributed by atoms with Gasteiger partial charge in [0.2, 0.25) is 0 Å². The third kappa shape index (κ3) is 3.01. The second-order valence-electron chi connectivity index (χ2n) is 4.22. The lowest BCUT2D eigenvalue weighted by molar-refractivity contribution is -0.135. The number of esters is 1. The van der Waals surface area contributed by atoms with Crippen molar-refractivity contribution in [1.82, 2.24) is 4.90 Å². The van der Waals surface area contributed by atoms with Gasteiger partial charge in [0.1, 0.15) is 4.88 Å². The fourth-order valence-electron chi connectivity index (χ4n) is 1.91. The van der Waals surface area contributed by atoms with Crippen molar-refractivity contribution in [2.24, 2.45) is 0 Å². The number of ether oxygens (including phenoxy) is 1. The summed E-state index contributed by atoms with van der Waals surface area (Å²) >= 11 is 1.22. The van der Waals surface area contributed by atoms with Crippen molar-refractivity contribution in [2.75, 3.05) is 25.4 Å². The molecule has 1 aliphatic heterocycles. The van der Waals surface area contributed by atoms with E-state index in [-0.39, 0.29) is 12.5 Å². The topological polar surface area (TPSA) is 72.6 Å². The van der Waals surface area contributed by atoms with Crippen LogP contribution in [0.25, 0.3) is 0 Å². The van der Waals surface area contributed by atoms with E-state index in [1.807, 2.05) is 0 Å². The zero-order valence-electron chi connectivity index (χ0n) is 10.1. The number of hydrogen-bond acceptors (Lipinski definition) is 5. The van der Waals surface area contributed by atoms with Gasteiger partial charge in [-0.25, -0.2) is 4.79 Å². The van der Waals surface area contributed by atoms with Crippen molar-refractivity contribution in [2.45, 2.75) is 19.3 Å². The minimum atomic E-state index is -0.521. The SMILES string of the molecule is Nc1ccsc1C(=O)OCC(=O)N1CCCCC1. The number of nitrogens with two attached hydrogens (primary N) is 1. The van der Waals surface area contributed by atoms with Crippen molar-refractivity contribution >= 4 is 28.9 Å². The maximum Gasteiger partial charge on any atom is 0.350 e. The number of rotatable bonds is 3. The Kier molecular flexibility index (Phi) is 4.19. The largest absolute Gasteiger partial charge is 0.451 e. The Hall–Kier alpha value is -1.56. The van der Waals surface area contributed by atoms with Crippen LogP contribution in [-0.2, 0) is 9.53 Å². The lowest BCUT2D eigenvalue weighted by Crippen LogP contribution is -2.38. The average Bonchev–Trinajstić information content (AvgIpc) is 2.83. The predicted molar refractivity (Wildman–Crippen MR) is 69.4 cm³/mol. The van der Waals surface area contributed by atoms with E-state index in [1.165, 1.54) is 11.3 Å². The highest BCUT2D eigenvalue weighted by molar-refractivity contribution is 7.12. The zero-order chi connectivity index (χ0) is 13.0. The average molecular weight is 268 g/mol. The molecule has 18 heavy (non-hydrogen) atoms. The number of piperidine rings is 1. The van der Waals surface area contributed by atoms with Crippen LogP contribution in [0.5, 0.6) is 0 Å². The minimum absolute atomic E-state index is 0.127. The third-order valence-corrected chi connectivity index (χ3v) is 3.83. The van der Waals surface area contributed by atoms with Gasteiger partial charge < -0.3 is 15.4 Å². The molecule has 0 bridgehead atoms. The second kappa shape index (κ2) is 5.86. The predicted octanol–water partition coefficient (Wildman–Crippen LogP) is 1.50. The number of anilines is 1. The first-order chi connectivity index (χ1) is 8.68. The van der Waals surface area contributed by atoms with Crippen LogP contribution in [0.3, 0.4) is 0 Å². The fourth-order valence-corrected chi connectivity index (χ4v) is 2.62. The van der Waals surface area contributed by atoms with E-state index >= 15 is 0 Å². The van der Waals surface area contributed by atoms with Crippen LogP contribution < -0.4 is 5.73 Å². The smallest absolute Gasteiger partial charge is 0.350 e. The summed E-state index contributed by atoms with van der Waals surface area (Å²) in [5.41, 5.74) is 6.00. The molecule has 0 unspecified atom stereocenters. The number of hydrogen-bond donors (Lipinski definition) is 1. The molecular weight excluding hydrogens is 252 g/mol. The molecular formula is C12H16N2O3S.